The molecule has 0 N–H and O–H groups in total. The van der Waals surface area contributed by atoms with Gasteiger partial charge in [0.1, 0.15) is 11.5 Å². The number of aromatic nitrogens is 1. The van der Waals surface area contributed by atoms with Gasteiger partial charge in [0.2, 0.25) is 5.89 Å². The number of ether oxygens (including phenoxy) is 2. The van der Waals surface area contributed by atoms with E-state index in [1.807, 2.05) is 38.1 Å². The molecular formula is C19H26N2O3. The number of benzene rings is 1. The maximum atomic E-state index is 5.91. The summed E-state index contributed by atoms with van der Waals surface area (Å²) < 4.78 is 17.3. The fourth-order valence-corrected chi connectivity index (χ4v) is 3.07. The van der Waals surface area contributed by atoms with Crippen molar-refractivity contribution in [2.75, 3.05) is 26.8 Å². The average Bonchev–Trinajstić information content (AvgIpc) is 3.19. The van der Waals surface area contributed by atoms with Gasteiger partial charge in [0.15, 0.2) is 0 Å². The Labute approximate surface area is 143 Å². The van der Waals surface area contributed by atoms with Crippen LogP contribution in [0, 0.1) is 6.92 Å². The molecule has 1 aliphatic rings. The fraction of sp³-hybridized carbons (Fsp3) is 0.526. The minimum Gasteiger partial charge on any atom is -0.493 e. The lowest BCUT2D eigenvalue weighted by Gasteiger charge is -2.19. The first kappa shape index (κ1) is 17.0. The van der Waals surface area contributed by atoms with Crippen LogP contribution in [-0.4, -0.2) is 42.8 Å². The van der Waals surface area contributed by atoms with Crippen molar-refractivity contribution in [3.63, 3.8) is 0 Å². The lowest BCUT2D eigenvalue weighted by Crippen LogP contribution is -2.28. The Morgan fingerprint density at radius 3 is 2.92 bits per heavy atom. The average molecular weight is 330 g/mol. The van der Waals surface area contributed by atoms with Crippen molar-refractivity contribution < 1.29 is 13.9 Å². The molecule has 1 fully saturated rings. The van der Waals surface area contributed by atoms with Crippen LogP contribution in [0.1, 0.15) is 31.2 Å². The predicted octanol–water partition coefficient (Wildman–Crippen LogP) is 3.66. The Morgan fingerprint density at radius 2 is 2.17 bits per heavy atom. The van der Waals surface area contributed by atoms with Gasteiger partial charge in [0, 0.05) is 19.7 Å². The van der Waals surface area contributed by atoms with Gasteiger partial charge in [-0.25, -0.2) is 4.98 Å². The van der Waals surface area contributed by atoms with Crippen molar-refractivity contribution in [2.45, 2.75) is 39.3 Å². The van der Waals surface area contributed by atoms with E-state index >= 15 is 0 Å². The first-order valence-corrected chi connectivity index (χ1v) is 8.66. The summed E-state index contributed by atoms with van der Waals surface area (Å²) >= 11 is 0. The van der Waals surface area contributed by atoms with E-state index in [2.05, 4.69) is 11.9 Å². The molecular weight excluding hydrogens is 304 g/mol. The van der Waals surface area contributed by atoms with E-state index in [-0.39, 0.29) is 0 Å². The van der Waals surface area contributed by atoms with Gasteiger partial charge in [-0.1, -0.05) is 12.1 Å². The van der Waals surface area contributed by atoms with E-state index in [9.17, 15) is 0 Å². The summed E-state index contributed by atoms with van der Waals surface area (Å²) in [4.78, 5) is 6.96. The number of nitrogens with zero attached hydrogens (tertiary/aromatic N) is 2. The lowest BCUT2D eigenvalue weighted by molar-refractivity contribution is 0.0789. The number of hydrogen-bond donors (Lipinski definition) is 0. The highest BCUT2D eigenvalue weighted by Gasteiger charge is 2.20. The number of likely N-dealkylation sites (N-methyl/N-ethyl adjacent to an activating group) is 1. The zero-order valence-electron chi connectivity index (χ0n) is 14.7. The highest BCUT2D eigenvalue weighted by atomic mass is 16.5. The first-order valence-electron chi connectivity index (χ1n) is 8.66. The van der Waals surface area contributed by atoms with Crippen LogP contribution in [0.15, 0.2) is 28.7 Å². The van der Waals surface area contributed by atoms with Crippen molar-refractivity contribution in [3.05, 3.63) is 35.7 Å². The smallest absolute Gasteiger partial charge is 0.230 e. The second kappa shape index (κ2) is 7.81. The third-order valence-electron chi connectivity index (χ3n) is 4.27. The van der Waals surface area contributed by atoms with Crippen LogP contribution >= 0.6 is 0 Å². The number of oxazole rings is 1. The van der Waals surface area contributed by atoms with Gasteiger partial charge in [0.05, 0.1) is 24.0 Å². The van der Waals surface area contributed by atoms with Crippen LogP contribution in [0.4, 0.5) is 0 Å². The standard InChI is InChI=1S/C19H26N2O3/c1-4-22-18-10-6-5-9-16(18)19-20-17(14(2)24-19)13-21(3)12-15-8-7-11-23-15/h5-6,9-10,15H,4,7-8,11-13H2,1-3H3/t15-/m1/s1. The molecule has 5 nitrogen and oxygen atoms in total. The van der Waals surface area contributed by atoms with Crippen LogP contribution in [0.25, 0.3) is 11.5 Å². The molecule has 0 spiro atoms. The molecule has 1 aliphatic heterocycles. The molecule has 1 saturated heterocycles. The molecule has 24 heavy (non-hydrogen) atoms. The minimum atomic E-state index is 0.348. The largest absolute Gasteiger partial charge is 0.493 e. The Balaban J connectivity index is 1.73. The van der Waals surface area contributed by atoms with Gasteiger partial charge in [-0.15, -0.1) is 0 Å². The third-order valence-corrected chi connectivity index (χ3v) is 4.27. The summed E-state index contributed by atoms with van der Waals surface area (Å²) in [6.45, 7) is 7.13. The molecule has 1 aromatic carbocycles. The van der Waals surface area contributed by atoms with E-state index in [1.165, 1.54) is 6.42 Å². The molecule has 0 unspecified atom stereocenters. The van der Waals surface area contributed by atoms with Crippen LogP contribution < -0.4 is 4.74 Å². The fourth-order valence-electron chi connectivity index (χ4n) is 3.07. The summed E-state index contributed by atoms with van der Waals surface area (Å²) in [5.74, 6) is 2.29. The molecule has 0 radical (unpaired) electrons. The molecule has 1 aromatic heterocycles. The second-order valence-corrected chi connectivity index (χ2v) is 6.28. The quantitative estimate of drug-likeness (QED) is 0.775. The van der Waals surface area contributed by atoms with Crippen molar-refractivity contribution in [2.24, 2.45) is 0 Å². The Bertz CT molecular complexity index is 662. The molecule has 0 saturated carbocycles. The number of rotatable bonds is 7. The van der Waals surface area contributed by atoms with Gasteiger partial charge in [-0.2, -0.15) is 0 Å². The van der Waals surface area contributed by atoms with E-state index in [0.29, 0.717) is 18.6 Å². The highest BCUT2D eigenvalue weighted by molar-refractivity contribution is 5.63. The maximum Gasteiger partial charge on any atom is 0.230 e. The van der Waals surface area contributed by atoms with E-state index in [1.54, 1.807) is 0 Å². The monoisotopic (exact) mass is 330 g/mol. The molecule has 130 valence electrons. The van der Waals surface area contributed by atoms with Gasteiger partial charge < -0.3 is 13.9 Å². The van der Waals surface area contributed by atoms with Gasteiger partial charge in [-0.05, 0) is 45.9 Å². The summed E-state index contributed by atoms with van der Waals surface area (Å²) in [5, 5.41) is 0. The lowest BCUT2D eigenvalue weighted by atomic mass is 10.2. The number of hydrogen-bond acceptors (Lipinski definition) is 5. The molecule has 1 atom stereocenters. The van der Waals surface area contributed by atoms with E-state index in [4.69, 9.17) is 18.9 Å². The van der Waals surface area contributed by atoms with Crippen molar-refractivity contribution in [1.82, 2.24) is 9.88 Å². The third kappa shape index (κ3) is 3.97. The predicted molar refractivity (Wildman–Crippen MR) is 93.2 cm³/mol. The van der Waals surface area contributed by atoms with Crippen molar-refractivity contribution >= 4 is 0 Å². The number of para-hydroxylation sites is 1. The van der Waals surface area contributed by atoms with Crippen LogP contribution in [-0.2, 0) is 11.3 Å². The number of aryl methyl sites for hydroxylation is 1. The van der Waals surface area contributed by atoms with Crippen LogP contribution in [0.2, 0.25) is 0 Å². The molecule has 0 amide bonds. The summed E-state index contributed by atoms with van der Waals surface area (Å²) in [6.07, 6.45) is 2.66. The maximum absolute atomic E-state index is 5.91. The molecule has 2 heterocycles. The first-order chi connectivity index (χ1) is 11.7. The van der Waals surface area contributed by atoms with Crippen LogP contribution in [0.3, 0.4) is 0 Å². The van der Waals surface area contributed by atoms with Crippen LogP contribution in [0.5, 0.6) is 5.75 Å². The summed E-state index contributed by atoms with van der Waals surface area (Å²) in [7, 11) is 2.10. The van der Waals surface area contributed by atoms with Crippen molar-refractivity contribution in [1.29, 1.82) is 0 Å². The molecule has 5 heteroatoms. The summed E-state index contributed by atoms with van der Waals surface area (Å²) in [6, 6.07) is 7.86. The van der Waals surface area contributed by atoms with Gasteiger partial charge in [-0.3, -0.25) is 4.90 Å². The molecule has 2 aromatic rings. The van der Waals surface area contributed by atoms with Gasteiger partial charge in [0.25, 0.3) is 0 Å². The zero-order valence-corrected chi connectivity index (χ0v) is 14.7. The Hall–Kier alpha value is -1.85. The highest BCUT2D eigenvalue weighted by Crippen LogP contribution is 2.30. The van der Waals surface area contributed by atoms with E-state index < -0.39 is 0 Å². The minimum absolute atomic E-state index is 0.348. The normalized spacial score (nSPS) is 17.6. The Kier molecular flexibility index (Phi) is 5.53. The Morgan fingerprint density at radius 1 is 1.33 bits per heavy atom. The topological polar surface area (TPSA) is 47.7 Å². The molecule has 0 bridgehead atoms. The second-order valence-electron chi connectivity index (χ2n) is 6.28. The SMILES string of the molecule is CCOc1ccccc1-c1nc(CN(C)C[C@H]2CCCO2)c(C)o1. The zero-order chi connectivity index (χ0) is 16.9. The molecule has 0 aliphatic carbocycles. The van der Waals surface area contributed by atoms with Crippen molar-refractivity contribution in [3.8, 4) is 17.2 Å². The molecule has 3 rings (SSSR count). The summed E-state index contributed by atoms with van der Waals surface area (Å²) in [5.41, 5.74) is 1.87. The van der Waals surface area contributed by atoms with E-state index in [0.717, 1.165) is 48.9 Å². The van der Waals surface area contributed by atoms with Gasteiger partial charge >= 0.3 is 0 Å².